The molecule has 6 nitrogen and oxygen atoms in total. The molecule has 0 spiro atoms. The second kappa shape index (κ2) is 8.89. The summed E-state index contributed by atoms with van der Waals surface area (Å²) in [6.45, 7) is 3.48. The molecule has 0 N–H and O–H groups in total. The first-order valence-corrected chi connectivity index (χ1v) is 12.3. The maximum Gasteiger partial charge on any atom is 0.328 e. The zero-order valence-electron chi connectivity index (χ0n) is 17.5. The molecule has 3 rings (SSSR count). The van der Waals surface area contributed by atoms with Crippen LogP contribution in [0.3, 0.4) is 0 Å². The van der Waals surface area contributed by atoms with E-state index in [1.54, 1.807) is 37.4 Å². The van der Waals surface area contributed by atoms with E-state index in [2.05, 4.69) is 0 Å². The van der Waals surface area contributed by atoms with Gasteiger partial charge in [-0.25, -0.2) is 8.42 Å². The second-order valence-electron chi connectivity index (χ2n) is 7.93. The largest absolute Gasteiger partial charge is 0.454 e. The number of sulfone groups is 1. The SMILES string of the molecule is Cc1ccc(C)c(S(=O)(=O)C2(C(=O)OCC(=O)N(C)Cc3ccsc3)CCCC2)c1. The lowest BCUT2D eigenvalue weighted by molar-refractivity contribution is -0.153. The van der Waals surface area contributed by atoms with Gasteiger partial charge in [-0.2, -0.15) is 11.3 Å². The van der Waals surface area contributed by atoms with Gasteiger partial charge in [0.25, 0.3) is 5.91 Å². The number of amides is 1. The van der Waals surface area contributed by atoms with Gasteiger partial charge in [-0.15, -0.1) is 0 Å². The molecule has 0 radical (unpaired) electrons. The maximum atomic E-state index is 13.6. The fourth-order valence-electron chi connectivity index (χ4n) is 3.85. The van der Waals surface area contributed by atoms with Gasteiger partial charge >= 0.3 is 5.97 Å². The van der Waals surface area contributed by atoms with E-state index in [4.69, 9.17) is 4.74 Å². The Morgan fingerprint density at radius 3 is 2.50 bits per heavy atom. The first-order chi connectivity index (χ1) is 14.2. The van der Waals surface area contributed by atoms with E-state index in [-0.39, 0.29) is 23.6 Å². The highest BCUT2D eigenvalue weighted by atomic mass is 32.2. The average Bonchev–Trinajstić information content (AvgIpc) is 3.40. The van der Waals surface area contributed by atoms with E-state index in [0.29, 0.717) is 24.9 Å². The molecular weight excluding hydrogens is 422 g/mol. The lowest BCUT2D eigenvalue weighted by Gasteiger charge is -2.28. The molecule has 0 unspecified atom stereocenters. The van der Waals surface area contributed by atoms with Crippen molar-refractivity contribution in [2.24, 2.45) is 0 Å². The normalized spacial score (nSPS) is 15.7. The first kappa shape index (κ1) is 22.5. The van der Waals surface area contributed by atoms with Crippen LogP contribution >= 0.6 is 11.3 Å². The molecule has 1 aliphatic rings. The zero-order valence-corrected chi connectivity index (χ0v) is 19.1. The third kappa shape index (κ3) is 4.30. The molecule has 1 amide bonds. The Bertz CT molecular complexity index is 1020. The number of carbonyl (C=O) groups excluding carboxylic acids is 2. The van der Waals surface area contributed by atoms with Gasteiger partial charge in [0.05, 0.1) is 4.90 Å². The van der Waals surface area contributed by atoms with Gasteiger partial charge in [0.15, 0.2) is 21.2 Å². The average molecular weight is 450 g/mol. The van der Waals surface area contributed by atoms with Crippen molar-refractivity contribution in [1.29, 1.82) is 0 Å². The number of thiophene rings is 1. The Labute approximate surface area is 181 Å². The molecule has 0 aliphatic heterocycles. The molecule has 1 aliphatic carbocycles. The van der Waals surface area contributed by atoms with Crippen molar-refractivity contribution in [3.63, 3.8) is 0 Å². The highest BCUT2D eigenvalue weighted by molar-refractivity contribution is 7.93. The van der Waals surface area contributed by atoms with Crippen LogP contribution in [0.1, 0.15) is 42.4 Å². The highest BCUT2D eigenvalue weighted by Crippen LogP contribution is 2.42. The van der Waals surface area contributed by atoms with Crippen LogP contribution in [0.25, 0.3) is 0 Å². The van der Waals surface area contributed by atoms with Crippen LogP contribution < -0.4 is 0 Å². The second-order valence-corrected chi connectivity index (χ2v) is 10.9. The van der Waals surface area contributed by atoms with Gasteiger partial charge in [-0.05, 0) is 66.3 Å². The van der Waals surface area contributed by atoms with Crippen LogP contribution in [-0.2, 0) is 30.7 Å². The number of hydrogen-bond acceptors (Lipinski definition) is 6. The molecule has 8 heteroatoms. The van der Waals surface area contributed by atoms with E-state index in [9.17, 15) is 18.0 Å². The fraction of sp³-hybridized carbons (Fsp3) is 0.455. The number of likely N-dealkylation sites (N-methyl/N-ethyl adjacent to an activating group) is 1. The lowest BCUT2D eigenvalue weighted by atomic mass is 10.1. The van der Waals surface area contributed by atoms with E-state index in [1.165, 1.54) is 4.90 Å². The van der Waals surface area contributed by atoms with Gasteiger partial charge in [0.1, 0.15) is 0 Å². The summed E-state index contributed by atoms with van der Waals surface area (Å²) < 4.78 is 30.8. The maximum absolute atomic E-state index is 13.6. The summed E-state index contributed by atoms with van der Waals surface area (Å²) in [7, 11) is -2.33. The van der Waals surface area contributed by atoms with Gasteiger partial charge in [0.2, 0.25) is 0 Å². The Hall–Kier alpha value is -2.19. The quantitative estimate of drug-likeness (QED) is 0.603. The Morgan fingerprint density at radius 1 is 1.17 bits per heavy atom. The number of carbonyl (C=O) groups is 2. The van der Waals surface area contributed by atoms with E-state index in [1.807, 2.05) is 29.8 Å². The smallest absolute Gasteiger partial charge is 0.328 e. The Balaban J connectivity index is 1.77. The summed E-state index contributed by atoms with van der Waals surface area (Å²) in [5.74, 6) is -1.19. The summed E-state index contributed by atoms with van der Waals surface area (Å²) in [6.07, 6.45) is 1.68. The summed E-state index contributed by atoms with van der Waals surface area (Å²) in [6, 6.07) is 7.12. The number of esters is 1. The van der Waals surface area contributed by atoms with E-state index in [0.717, 1.165) is 11.1 Å². The summed E-state index contributed by atoms with van der Waals surface area (Å²) in [5, 5.41) is 3.87. The molecular formula is C22H27NO5S2. The van der Waals surface area contributed by atoms with Crippen LogP contribution in [0, 0.1) is 13.8 Å². The van der Waals surface area contributed by atoms with E-state index < -0.39 is 27.2 Å². The number of rotatable bonds is 7. The predicted molar refractivity (Wildman–Crippen MR) is 116 cm³/mol. The minimum Gasteiger partial charge on any atom is -0.454 e. The van der Waals surface area contributed by atoms with Gasteiger partial charge < -0.3 is 9.64 Å². The molecule has 30 heavy (non-hydrogen) atoms. The molecule has 162 valence electrons. The van der Waals surface area contributed by atoms with Crippen LogP contribution in [0.2, 0.25) is 0 Å². The number of nitrogens with zero attached hydrogens (tertiary/aromatic N) is 1. The van der Waals surface area contributed by atoms with Crippen molar-refractivity contribution in [3.05, 3.63) is 51.7 Å². The molecule has 1 aromatic heterocycles. The highest BCUT2D eigenvalue weighted by Gasteiger charge is 2.54. The number of ether oxygens (including phenoxy) is 1. The van der Waals surface area contributed by atoms with Crippen molar-refractivity contribution < 1.29 is 22.7 Å². The zero-order chi connectivity index (χ0) is 21.9. The van der Waals surface area contributed by atoms with Crippen molar-refractivity contribution in [1.82, 2.24) is 4.90 Å². The van der Waals surface area contributed by atoms with Gasteiger partial charge in [-0.1, -0.05) is 25.0 Å². The first-order valence-electron chi connectivity index (χ1n) is 9.91. The van der Waals surface area contributed by atoms with Crippen LogP contribution in [0.15, 0.2) is 39.9 Å². The molecule has 0 atom stereocenters. The van der Waals surface area contributed by atoms with Gasteiger partial charge in [0, 0.05) is 13.6 Å². The third-order valence-electron chi connectivity index (χ3n) is 5.68. The minimum absolute atomic E-state index is 0.169. The van der Waals surface area contributed by atoms with Crippen molar-refractivity contribution in [2.45, 2.75) is 55.7 Å². The van der Waals surface area contributed by atoms with Gasteiger partial charge in [-0.3, -0.25) is 9.59 Å². The Morgan fingerprint density at radius 2 is 1.87 bits per heavy atom. The summed E-state index contributed by atoms with van der Waals surface area (Å²) >= 11 is 1.54. The topological polar surface area (TPSA) is 80.7 Å². The van der Waals surface area contributed by atoms with Crippen molar-refractivity contribution in [3.8, 4) is 0 Å². The number of benzene rings is 1. The number of hydrogen-bond donors (Lipinski definition) is 0. The molecule has 0 bridgehead atoms. The molecule has 0 saturated heterocycles. The molecule has 2 aromatic rings. The van der Waals surface area contributed by atoms with E-state index >= 15 is 0 Å². The predicted octanol–water partition coefficient (Wildman–Crippen LogP) is 3.65. The molecule has 1 saturated carbocycles. The van der Waals surface area contributed by atoms with Crippen LogP contribution in [-0.4, -0.2) is 43.6 Å². The monoisotopic (exact) mass is 449 g/mol. The van der Waals surface area contributed by atoms with Crippen molar-refractivity contribution >= 4 is 33.1 Å². The van der Waals surface area contributed by atoms with Crippen LogP contribution in [0.4, 0.5) is 0 Å². The third-order valence-corrected chi connectivity index (χ3v) is 9.04. The van der Waals surface area contributed by atoms with Crippen molar-refractivity contribution in [2.75, 3.05) is 13.7 Å². The standard InChI is InChI=1S/C22H27NO5S2/c1-16-6-7-17(2)19(12-16)30(26,27)22(9-4-5-10-22)21(25)28-14-20(24)23(3)13-18-8-11-29-15-18/h6-8,11-12,15H,4-5,9-10,13-14H2,1-3H3. The molecule has 1 fully saturated rings. The summed E-state index contributed by atoms with van der Waals surface area (Å²) in [5.41, 5.74) is 2.41. The summed E-state index contributed by atoms with van der Waals surface area (Å²) in [4.78, 5) is 27.1. The molecule has 1 aromatic carbocycles. The lowest BCUT2D eigenvalue weighted by Crippen LogP contribution is -2.46. The molecule has 1 heterocycles. The number of aryl methyl sites for hydroxylation is 2. The Kier molecular flexibility index (Phi) is 6.67. The minimum atomic E-state index is -3.96. The van der Waals surface area contributed by atoms with Crippen LogP contribution in [0.5, 0.6) is 0 Å². The fourth-order valence-corrected chi connectivity index (χ4v) is 6.87.